The fraction of sp³-hybridized carbons (Fsp3) is 0.381. The van der Waals surface area contributed by atoms with Crippen LogP contribution in [0.1, 0.15) is 49.5 Å². The number of nitrogen functional groups attached to an aromatic ring is 1. The van der Waals surface area contributed by atoms with Gasteiger partial charge in [0.25, 0.3) is 0 Å². The average molecular weight is 450 g/mol. The molecule has 3 N–H and O–H groups in total. The number of amides is 1. The van der Waals surface area contributed by atoms with E-state index < -0.39 is 18.0 Å². The van der Waals surface area contributed by atoms with Gasteiger partial charge in [0.1, 0.15) is 30.3 Å². The number of nitrogens with zero attached hydrogens (tertiary/aromatic N) is 3. The summed E-state index contributed by atoms with van der Waals surface area (Å²) >= 11 is 6.25. The van der Waals surface area contributed by atoms with E-state index in [1.165, 1.54) is 12.4 Å². The number of nitrogens with two attached hydrogens (primary N) is 1. The van der Waals surface area contributed by atoms with E-state index in [-0.39, 0.29) is 29.8 Å². The number of hydrogen-bond donors (Lipinski definition) is 2. The summed E-state index contributed by atoms with van der Waals surface area (Å²) in [6.45, 7) is 9.75. The number of aromatic nitrogens is 2. The first-order valence-electron chi connectivity index (χ1n) is 9.74. The van der Waals surface area contributed by atoms with Crippen molar-refractivity contribution in [2.24, 2.45) is 0 Å². The molecular formula is C21H25ClFN5O3. The van der Waals surface area contributed by atoms with Crippen LogP contribution in [0.25, 0.3) is 5.57 Å². The first-order valence-corrected chi connectivity index (χ1v) is 10.1. The van der Waals surface area contributed by atoms with Crippen LogP contribution in [0.5, 0.6) is 5.75 Å². The Morgan fingerprint density at radius 1 is 1.55 bits per heavy atom. The number of cyclic esters (lactones) is 1. The fourth-order valence-corrected chi connectivity index (χ4v) is 3.79. The third-order valence-corrected chi connectivity index (χ3v) is 5.47. The summed E-state index contributed by atoms with van der Waals surface area (Å²) in [6, 6.07) is 0.448. The Kier molecular flexibility index (Phi) is 6.54. The van der Waals surface area contributed by atoms with Crippen molar-refractivity contribution in [3.63, 3.8) is 0 Å². The lowest BCUT2D eigenvalue weighted by Crippen LogP contribution is -2.26. The lowest BCUT2D eigenvalue weighted by Gasteiger charge is -2.31. The second-order valence-corrected chi connectivity index (χ2v) is 7.66. The number of carbonyl (C=O) groups excluding carboxylic acids is 1. The molecule has 0 radical (unpaired) electrons. The zero-order valence-electron chi connectivity index (χ0n) is 17.8. The maximum Gasteiger partial charge on any atom is 0.407 e. The minimum absolute atomic E-state index is 0.0257. The summed E-state index contributed by atoms with van der Waals surface area (Å²) in [5.74, 6) is 0.520. The van der Waals surface area contributed by atoms with Gasteiger partial charge in [-0.05, 0) is 32.4 Å². The normalized spacial score (nSPS) is 16.5. The van der Waals surface area contributed by atoms with E-state index >= 15 is 4.39 Å². The van der Waals surface area contributed by atoms with E-state index in [9.17, 15) is 4.79 Å². The molecule has 31 heavy (non-hydrogen) atoms. The van der Waals surface area contributed by atoms with Crippen molar-refractivity contribution in [3.8, 4) is 5.75 Å². The molecule has 1 aliphatic heterocycles. The predicted octanol–water partition coefficient (Wildman–Crippen LogP) is 4.26. The molecule has 0 saturated carbocycles. The predicted molar refractivity (Wildman–Crippen MR) is 118 cm³/mol. The molecule has 2 heterocycles. The first kappa shape index (κ1) is 22.6. The van der Waals surface area contributed by atoms with Gasteiger partial charge in [-0.1, -0.05) is 18.2 Å². The third kappa shape index (κ3) is 4.23. The molecular weight excluding hydrogens is 425 g/mol. The third-order valence-electron chi connectivity index (χ3n) is 5.19. The molecule has 2 aromatic rings. The smallest absolute Gasteiger partial charge is 0.407 e. The maximum absolute atomic E-state index is 15.1. The Morgan fingerprint density at radius 3 is 2.84 bits per heavy atom. The van der Waals surface area contributed by atoms with Crippen LogP contribution >= 0.6 is 11.6 Å². The lowest BCUT2D eigenvalue weighted by atomic mass is 9.97. The summed E-state index contributed by atoms with van der Waals surface area (Å²) in [5, 5.41) is 2.51. The molecule has 0 bridgehead atoms. The van der Waals surface area contributed by atoms with Gasteiger partial charge in [-0.3, -0.25) is 0 Å². The Labute approximate surface area is 185 Å². The SMILES string of the molecule is C=C(C)c1c(N)ncnc1N(C)C(C)c1cc(Cl)c(F)c(C2COC(=O)N2)c1OCC. The van der Waals surface area contributed by atoms with E-state index in [1.54, 1.807) is 6.92 Å². The fourth-order valence-electron chi connectivity index (χ4n) is 3.57. The highest BCUT2D eigenvalue weighted by atomic mass is 35.5. The molecule has 1 aromatic heterocycles. The van der Waals surface area contributed by atoms with Crippen LogP contribution < -0.4 is 20.7 Å². The van der Waals surface area contributed by atoms with Gasteiger partial charge < -0.3 is 25.4 Å². The number of nitrogens with one attached hydrogen (secondary N) is 1. The molecule has 8 nitrogen and oxygen atoms in total. The molecule has 10 heteroatoms. The van der Waals surface area contributed by atoms with Crippen molar-refractivity contribution >= 4 is 34.9 Å². The van der Waals surface area contributed by atoms with Crippen molar-refractivity contribution in [2.75, 3.05) is 30.9 Å². The molecule has 0 aliphatic carbocycles. The highest BCUT2D eigenvalue weighted by Crippen LogP contribution is 2.42. The summed E-state index contributed by atoms with van der Waals surface area (Å²) in [7, 11) is 1.83. The van der Waals surface area contributed by atoms with Gasteiger partial charge in [-0.25, -0.2) is 19.2 Å². The van der Waals surface area contributed by atoms with Crippen LogP contribution in [-0.2, 0) is 4.74 Å². The van der Waals surface area contributed by atoms with Crippen molar-refractivity contribution in [2.45, 2.75) is 32.9 Å². The number of benzene rings is 1. The van der Waals surface area contributed by atoms with Gasteiger partial charge in [0.15, 0.2) is 5.82 Å². The minimum Gasteiger partial charge on any atom is -0.493 e. The molecule has 166 valence electrons. The number of ether oxygens (including phenoxy) is 2. The summed E-state index contributed by atoms with van der Waals surface area (Å²) in [4.78, 5) is 21.9. The Morgan fingerprint density at radius 2 is 2.26 bits per heavy atom. The first-order chi connectivity index (χ1) is 14.7. The Hall–Kier alpha value is -3.07. The van der Waals surface area contributed by atoms with Gasteiger partial charge in [-0.15, -0.1) is 0 Å². The van der Waals surface area contributed by atoms with Crippen LogP contribution in [0.2, 0.25) is 5.02 Å². The van der Waals surface area contributed by atoms with E-state index in [0.29, 0.717) is 34.1 Å². The minimum atomic E-state index is -0.718. The molecule has 2 atom stereocenters. The van der Waals surface area contributed by atoms with Crippen molar-refractivity contribution < 1.29 is 18.7 Å². The number of rotatable bonds is 7. The number of hydrogen-bond acceptors (Lipinski definition) is 7. The largest absolute Gasteiger partial charge is 0.493 e. The van der Waals surface area contributed by atoms with Crippen LogP contribution in [-0.4, -0.2) is 36.3 Å². The topological polar surface area (TPSA) is 103 Å². The van der Waals surface area contributed by atoms with Gasteiger partial charge in [0.05, 0.1) is 34.8 Å². The lowest BCUT2D eigenvalue weighted by molar-refractivity contribution is 0.176. The van der Waals surface area contributed by atoms with E-state index in [1.807, 2.05) is 25.8 Å². The maximum atomic E-state index is 15.1. The number of alkyl carbamates (subject to hydrolysis) is 1. The molecule has 1 amide bonds. The molecule has 1 saturated heterocycles. The summed E-state index contributed by atoms with van der Waals surface area (Å²) < 4.78 is 25.9. The molecule has 3 rings (SSSR count). The molecule has 1 fully saturated rings. The standard InChI is InChI=1S/C21H25ClFN5O3/c1-6-30-18-12(7-13(22)17(23)16(18)14-8-31-21(29)27-14)11(4)28(5)20-15(10(2)3)19(24)25-9-26-20/h7,9,11,14H,2,6,8H2,1,3-5H3,(H,27,29)(H2,24,25,26). The zero-order chi connectivity index (χ0) is 22.9. The Balaban J connectivity index is 2.14. The highest BCUT2D eigenvalue weighted by molar-refractivity contribution is 6.31. The number of carbonyl (C=O) groups is 1. The number of halogens is 2. The Bertz CT molecular complexity index is 1030. The monoisotopic (exact) mass is 449 g/mol. The molecule has 1 aromatic carbocycles. The van der Waals surface area contributed by atoms with E-state index in [0.717, 1.165) is 0 Å². The number of allylic oxidation sites excluding steroid dienone is 1. The highest BCUT2D eigenvalue weighted by Gasteiger charge is 2.34. The van der Waals surface area contributed by atoms with Crippen LogP contribution in [0.4, 0.5) is 20.8 Å². The zero-order valence-corrected chi connectivity index (χ0v) is 18.6. The van der Waals surface area contributed by atoms with Crippen molar-refractivity contribution in [3.05, 3.63) is 46.5 Å². The van der Waals surface area contributed by atoms with Crippen LogP contribution in [0, 0.1) is 5.82 Å². The number of anilines is 2. The van der Waals surface area contributed by atoms with Crippen molar-refractivity contribution in [1.29, 1.82) is 0 Å². The summed E-state index contributed by atoms with van der Waals surface area (Å²) in [6.07, 6.45) is 0.749. The second kappa shape index (κ2) is 8.97. The van der Waals surface area contributed by atoms with E-state index in [4.69, 9.17) is 26.8 Å². The summed E-state index contributed by atoms with van der Waals surface area (Å²) in [5.41, 5.74) is 8.16. The van der Waals surface area contributed by atoms with Gasteiger partial charge >= 0.3 is 6.09 Å². The quantitative estimate of drug-likeness (QED) is 0.650. The van der Waals surface area contributed by atoms with Gasteiger partial charge in [-0.2, -0.15) is 0 Å². The van der Waals surface area contributed by atoms with E-state index in [2.05, 4.69) is 21.9 Å². The van der Waals surface area contributed by atoms with Gasteiger partial charge in [0.2, 0.25) is 0 Å². The molecule has 0 spiro atoms. The van der Waals surface area contributed by atoms with Crippen LogP contribution in [0.15, 0.2) is 19.0 Å². The van der Waals surface area contributed by atoms with Crippen LogP contribution in [0.3, 0.4) is 0 Å². The molecule has 1 aliphatic rings. The van der Waals surface area contributed by atoms with Crippen molar-refractivity contribution in [1.82, 2.24) is 15.3 Å². The van der Waals surface area contributed by atoms with Gasteiger partial charge in [0, 0.05) is 12.6 Å². The molecule has 2 unspecified atom stereocenters. The average Bonchev–Trinajstić information content (AvgIpc) is 3.15. The second-order valence-electron chi connectivity index (χ2n) is 7.26.